The first-order valence-electron chi connectivity index (χ1n) is 6.28. The Morgan fingerprint density at radius 1 is 1.29 bits per heavy atom. The van der Waals surface area contributed by atoms with Crippen molar-refractivity contribution >= 4 is 33.3 Å². The molecule has 0 saturated heterocycles. The molecule has 2 aromatic carbocycles. The summed E-state index contributed by atoms with van der Waals surface area (Å²) in [5.41, 5.74) is 1.04. The van der Waals surface area contributed by atoms with E-state index in [0.29, 0.717) is 5.75 Å². The fourth-order valence-electron chi connectivity index (χ4n) is 1.99. The van der Waals surface area contributed by atoms with Crippen LogP contribution >= 0.6 is 27.5 Å². The summed E-state index contributed by atoms with van der Waals surface area (Å²) in [6.45, 7) is 0. The average molecular weight is 372 g/mol. The van der Waals surface area contributed by atoms with Crippen LogP contribution in [0.4, 0.5) is 4.39 Å². The number of hydrogen-bond acceptors (Lipinski definition) is 2. The van der Waals surface area contributed by atoms with Crippen molar-refractivity contribution in [1.29, 1.82) is 0 Å². The largest absolute Gasteiger partial charge is 0.497 e. The van der Waals surface area contributed by atoms with Crippen molar-refractivity contribution in [3.05, 3.63) is 62.8 Å². The maximum atomic E-state index is 13.7. The molecule has 0 aliphatic rings. The number of benzene rings is 2. The first kappa shape index (κ1) is 16.0. The van der Waals surface area contributed by atoms with Gasteiger partial charge in [-0.1, -0.05) is 33.6 Å². The van der Waals surface area contributed by atoms with Gasteiger partial charge in [0.25, 0.3) is 0 Å². The van der Waals surface area contributed by atoms with Crippen molar-refractivity contribution in [2.24, 2.45) is 0 Å². The number of carbonyl (C=O) groups excluding carboxylic acids is 1. The molecule has 0 aliphatic heterocycles. The number of carbonyl (C=O) groups is 1. The molecular formula is C16H13BrClFO2. The zero-order valence-corrected chi connectivity index (χ0v) is 13.7. The third-order valence-electron chi connectivity index (χ3n) is 3.08. The molecule has 0 fully saturated rings. The van der Waals surface area contributed by atoms with Gasteiger partial charge >= 0.3 is 0 Å². The minimum atomic E-state index is -0.458. The Bertz CT molecular complexity index is 653. The van der Waals surface area contributed by atoms with E-state index in [9.17, 15) is 9.18 Å². The lowest BCUT2D eigenvalue weighted by Crippen LogP contribution is -2.09. The Morgan fingerprint density at radius 2 is 2.05 bits per heavy atom. The summed E-state index contributed by atoms with van der Waals surface area (Å²) < 4.78 is 19.6. The van der Waals surface area contributed by atoms with Crippen molar-refractivity contribution < 1.29 is 13.9 Å². The summed E-state index contributed by atoms with van der Waals surface area (Å²) in [5.74, 6) is 0.0986. The molecule has 5 heteroatoms. The molecule has 0 atom stereocenters. The fraction of sp³-hybridized carbons (Fsp3) is 0.188. The van der Waals surface area contributed by atoms with Crippen LogP contribution in [0.3, 0.4) is 0 Å². The molecule has 0 spiro atoms. The molecule has 2 rings (SSSR count). The fourth-order valence-corrected chi connectivity index (χ4v) is 2.60. The van der Waals surface area contributed by atoms with E-state index in [1.165, 1.54) is 12.1 Å². The molecule has 2 nitrogen and oxygen atoms in total. The molecule has 0 saturated carbocycles. The van der Waals surface area contributed by atoms with Crippen LogP contribution in [0.15, 0.2) is 40.9 Å². The van der Waals surface area contributed by atoms with Crippen LogP contribution < -0.4 is 4.74 Å². The van der Waals surface area contributed by atoms with E-state index in [2.05, 4.69) is 15.9 Å². The van der Waals surface area contributed by atoms with E-state index in [1.54, 1.807) is 25.3 Å². The summed E-state index contributed by atoms with van der Waals surface area (Å²) in [7, 11) is 1.56. The first-order chi connectivity index (χ1) is 10.0. The molecule has 0 heterocycles. The van der Waals surface area contributed by atoms with E-state index in [4.69, 9.17) is 16.3 Å². The molecule has 21 heavy (non-hydrogen) atoms. The molecule has 0 amide bonds. The summed E-state index contributed by atoms with van der Waals surface area (Å²) >= 11 is 9.33. The predicted octanol–water partition coefficient (Wildman–Crippen LogP) is 4.60. The number of methoxy groups -OCH3 is 1. The van der Waals surface area contributed by atoms with Crippen LogP contribution in [-0.2, 0) is 17.6 Å². The maximum absolute atomic E-state index is 13.7. The molecule has 110 valence electrons. The van der Waals surface area contributed by atoms with Gasteiger partial charge in [0.05, 0.1) is 7.11 Å². The number of ether oxygens (including phenoxy) is 1. The highest BCUT2D eigenvalue weighted by molar-refractivity contribution is 9.10. The van der Waals surface area contributed by atoms with Crippen LogP contribution in [0.1, 0.15) is 11.1 Å². The highest BCUT2D eigenvalue weighted by atomic mass is 79.9. The number of hydrogen-bond donors (Lipinski definition) is 0. The van der Waals surface area contributed by atoms with Gasteiger partial charge < -0.3 is 4.74 Å². The van der Waals surface area contributed by atoms with Gasteiger partial charge in [-0.05, 0) is 35.9 Å². The van der Waals surface area contributed by atoms with Crippen LogP contribution in [0.5, 0.6) is 5.75 Å². The predicted molar refractivity (Wildman–Crippen MR) is 84.5 cm³/mol. The molecule has 0 radical (unpaired) electrons. The summed E-state index contributed by atoms with van der Waals surface area (Å²) in [5, 5.41) is 0.271. The lowest BCUT2D eigenvalue weighted by Gasteiger charge is -2.08. The van der Waals surface area contributed by atoms with Crippen LogP contribution in [-0.4, -0.2) is 12.9 Å². The standard InChI is InChI=1S/C16H13BrClFO2/c1-21-12-5-6-14(17)10(8-12)7-11(20)9-13-15(18)3-2-4-16(13)19/h2-6,8H,7,9H2,1H3. The summed E-state index contributed by atoms with van der Waals surface area (Å²) in [6.07, 6.45) is 0.150. The Hall–Kier alpha value is -1.39. The lowest BCUT2D eigenvalue weighted by atomic mass is 10.0. The van der Waals surface area contributed by atoms with Gasteiger partial charge in [0.2, 0.25) is 0 Å². The highest BCUT2D eigenvalue weighted by Gasteiger charge is 2.14. The van der Waals surface area contributed by atoms with Gasteiger partial charge in [-0.2, -0.15) is 0 Å². The second-order valence-electron chi connectivity index (χ2n) is 4.55. The van der Waals surface area contributed by atoms with E-state index in [1.807, 2.05) is 6.07 Å². The third kappa shape index (κ3) is 4.05. The van der Waals surface area contributed by atoms with Gasteiger partial charge in [-0.3, -0.25) is 4.79 Å². The zero-order valence-electron chi connectivity index (χ0n) is 11.3. The van der Waals surface area contributed by atoms with Crippen LogP contribution in [0.25, 0.3) is 0 Å². The topological polar surface area (TPSA) is 26.3 Å². The lowest BCUT2D eigenvalue weighted by molar-refractivity contribution is -0.117. The minimum Gasteiger partial charge on any atom is -0.497 e. The van der Waals surface area contributed by atoms with E-state index in [0.717, 1.165) is 10.0 Å². The number of Topliss-reactive ketones (excluding diaryl/α,β-unsaturated/α-hetero) is 1. The quantitative estimate of drug-likeness (QED) is 0.767. The number of ketones is 1. The van der Waals surface area contributed by atoms with Gasteiger partial charge in [-0.25, -0.2) is 4.39 Å². The SMILES string of the molecule is COc1ccc(Br)c(CC(=O)Cc2c(F)cccc2Cl)c1. The average Bonchev–Trinajstić information content (AvgIpc) is 2.45. The Kier molecular flexibility index (Phi) is 5.37. The van der Waals surface area contributed by atoms with Crippen molar-refractivity contribution in [2.75, 3.05) is 7.11 Å². The highest BCUT2D eigenvalue weighted by Crippen LogP contribution is 2.25. The molecular weight excluding hydrogens is 359 g/mol. The van der Waals surface area contributed by atoms with Crippen molar-refractivity contribution in [3.8, 4) is 5.75 Å². The summed E-state index contributed by atoms with van der Waals surface area (Å²) in [4.78, 5) is 12.2. The van der Waals surface area contributed by atoms with Gasteiger partial charge in [-0.15, -0.1) is 0 Å². The Morgan fingerprint density at radius 3 is 2.71 bits per heavy atom. The molecule has 2 aromatic rings. The molecule has 0 N–H and O–H groups in total. The van der Waals surface area contributed by atoms with Gasteiger partial charge in [0.1, 0.15) is 17.3 Å². The molecule has 0 aliphatic carbocycles. The van der Waals surface area contributed by atoms with E-state index in [-0.39, 0.29) is 29.2 Å². The smallest absolute Gasteiger partial charge is 0.141 e. The van der Waals surface area contributed by atoms with Crippen LogP contribution in [0.2, 0.25) is 5.02 Å². The second-order valence-corrected chi connectivity index (χ2v) is 5.81. The third-order valence-corrected chi connectivity index (χ3v) is 4.20. The van der Waals surface area contributed by atoms with Crippen molar-refractivity contribution in [2.45, 2.75) is 12.8 Å². The normalized spacial score (nSPS) is 10.5. The van der Waals surface area contributed by atoms with E-state index >= 15 is 0 Å². The number of rotatable bonds is 5. The molecule has 0 aromatic heterocycles. The van der Waals surface area contributed by atoms with Gasteiger partial charge in [0, 0.05) is 27.9 Å². The van der Waals surface area contributed by atoms with Crippen LogP contribution in [0, 0.1) is 5.82 Å². The van der Waals surface area contributed by atoms with Gasteiger partial charge in [0.15, 0.2) is 0 Å². The summed E-state index contributed by atoms with van der Waals surface area (Å²) in [6, 6.07) is 9.79. The van der Waals surface area contributed by atoms with Crippen molar-refractivity contribution in [1.82, 2.24) is 0 Å². The van der Waals surface area contributed by atoms with E-state index < -0.39 is 5.82 Å². The second kappa shape index (κ2) is 7.05. The minimum absolute atomic E-state index is 0.0326. The molecule has 0 unspecified atom stereocenters. The zero-order chi connectivity index (χ0) is 15.4. The Labute approximate surface area is 136 Å². The monoisotopic (exact) mass is 370 g/mol. The molecule has 0 bridgehead atoms. The first-order valence-corrected chi connectivity index (χ1v) is 7.45. The maximum Gasteiger partial charge on any atom is 0.141 e. The number of halogens is 3. The van der Waals surface area contributed by atoms with Crippen molar-refractivity contribution in [3.63, 3.8) is 0 Å². The Balaban J connectivity index is 2.15.